The van der Waals surface area contributed by atoms with Gasteiger partial charge in [-0.05, 0) is 86.7 Å². The predicted molar refractivity (Wildman–Crippen MR) is 113 cm³/mol. The topological polar surface area (TPSA) is 60.4 Å². The van der Waals surface area contributed by atoms with Crippen LogP contribution in [-0.4, -0.2) is 32.8 Å². The van der Waals surface area contributed by atoms with Gasteiger partial charge in [0.1, 0.15) is 17.3 Å². The zero-order valence-electron chi connectivity index (χ0n) is 17.7. The Morgan fingerprint density at radius 3 is 2.20 bits per heavy atom. The molecule has 0 saturated heterocycles. The van der Waals surface area contributed by atoms with Gasteiger partial charge in [-0.25, -0.2) is 12.8 Å². The van der Waals surface area contributed by atoms with E-state index in [9.17, 15) is 17.6 Å². The van der Waals surface area contributed by atoms with Gasteiger partial charge in [0.05, 0.1) is 12.2 Å². The summed E-state index contributed by atoms with van der Waals surface area (Å²) in [6.07, 6.45) is 11.9. The molecule has 0 aromatic heterocycles. The van der Waals surface area contributed by atoms with Crippen LogP contribution in [0.15, 0.2) is 12.1 Å². The molecule has 5 aliphatic carbocycles. The van der Waals surface area contributed by atoms with Crippen molar-refractivity contribution in [3.05, 3.63) is 29.1 Å². The normalized spacial score (nSPS) is 32.8. The van der Waals surface area contributed by atoms with Crippen LogP contribution in [0.2, 0.25) is 0 Å². The lowest BCUT2D eigenvalue weighted by Gasteiger charge is -2.56. The van der Waals surface area contributed by atoms with E-state index in [0.29, 0.717) is 12.4 Å². The molecular weight excluding hydrogens is 403 g/mol. The molecule has 30 heavy (non-hydrogen) atoms. The van der Waals surface area contributed by atoms with Crippen molar-refractivity contribution in [1.82, 2.24) is 0 Å². The van der Waals surface area contributed by atoms with Gasteiger partial charge in [-0.3, -0.25) is 4.79 Å². The van der Waals surface area contributed by atoms with Crippen molar-refractivity contribution in [1.29, 1.82) is 0 Å². The maximum Gasteiger partial charge on any atom is 0.180 e. The van der Waals surface area contributed by atoms with Gasteiger partial charge in [0.2, 0.25) is 0 Å². The third-order valence-electron chi connectivity index (χ3n) is 8.04. The largest absolute Gasteiger partial charge is 0.493 e. The Kier molecular flexibility index (Phi) is 4.99. The van der Waals surface area contributed by atoms with E-state index in [1.165, 1.54) is 44.6 Å². The first kappa shape index (κ1) is 20.5. The average molecular weight is 435 g/mol. The number of ether oxygens (including phenoxy) is 1. The fourth-order valence-corrected chi connectivity index (χ4v) is 7.59. The van der Waals surface area contributed by atoms with Crippen LogP contribution in [-0.2, 0) is 9.84 Å². The summed E-state index contributed by atoms with van der Waals surface area (Å²) in [6, 6.07) is 2.91. The molecule has 4 nitrogen and oxygen atoms in total. The number of carbonyl (C=O) groups excluding carboxylic acids is 1. The molecule has 0 atom stereocenters. The van der Waals surface area contributed by atoms with E-state index in [0.717, 1.165) is 48.8 Å². The van der Waals surface area contributed by atoms with Crippen LogP contribution in [0.1, 0.15) is 79.6 Å². The van der Waals surface area contributed by atoms with Gasteiger partial charge in [0.25, 0.3) is 0 Å². The third kappa shape index (κ3) is 3.92. The van der Waals surface area contributed by atoms with Gasteiger partial charge in [-0.1, -0.05) is 6.42 Å². The standard InChI is InChI=1S/C24H31FO4S/c1-30(27,28)13-22(26)20-8-19(18-3-2-4-18)23(9-21(20)25)29-14-24-10-15-5-16(11-24)7-17(6-15)12-24/h8-9,15-18H,2-7,10-14H2,1H3. The highest BCUT2D eigenvalue weighted by Gasteiger charge is 2.51. The summed E-state index contributed by atoms with van der Waals surface area (Å²) in [5.74, 6) is 1.30. The van der Waals surface area contributed by atoms with Crippen LogP contribution in [0, 0.1) is 29.0 Å². The molecule has 5 saturated carbocycles. The van der Waals surface area contributed by atoms with Gasteiger partial charge in [0, 0.05) is 17.7 Å². The SMILES string of the molecule is CS(=O)(=O)CC(=O)c1cc(C2CCC2)c(OCC23CC4CC(CC(C4)C2)C3)cc1F. The summed E-state index contributed by atoms with van der Waals surface area (Å²) >= 11 is 0. The number of halogens is 1. The molecule has 0 amide bonds. The maximum atomic E-state index is 14.8. The molecule has 4 bridgehead atoms. The molecule has 5 fully saturated rings. The molecule has 0 unspecified atom stereocenters. The summed E-state index contributed by atoms with van der Waals surface area (Å²) in [5.41, 5.74) is 0.987. The van der Waals surface area contributed by atoms with E-state index in [-0.39, 0.29) is 16.9 Å². The minimum absolute atomic E-state index is 0.121. The summed E-state index contributed by atoms with van der Waals surface area (Å²) < 4.78 is 44.2. The van der Waals surface area contributed by atoms with Crippen molar-refractivity contribution in [3.8, 4) is 5.75 Å². The quantitative estimate of drug-likeness (QED) is 0.572. The number of benzene rings is 1. The molecule has 0 heterocycles. The molecule has 0 aliphatic heterocycles. The molecule has 0 spiro atoms. The van der Waals surface area contributed by atoms with Crippen LogP contribution in [0.5, 0.6) is 5.75 Å². The first-order valence-corrected chi connectivity index (χ1v) is 13.4. The first-order valence-electron chi connectivity index (χ1n) is 11.4. The maximum absolute atomic E-state index is 14.8. The number of ketones is 1. The zero-order valence-corrected chi connectivity index (χ0v) is 18.5. The van der Waals surface area contributed by atoms with Gasteiger partial charge in [-0.2, -0.15) is 0 Å². The molecule has 6 rings (SSSR count). The number of hydrogen-bond acceptors (Lipinski definition) is 4. The fraction of sp³-hybridized carbons (Fsp3) is 0.708. The van der Waals surface area contributed by atoms with Crippen molar-refractivity contribution >= 4 is 15.6 Å². The summed E-state index contributed by atoms with van der Waals surface area (Å²) in [4.78, 5) is 12.4. The highest BCUT2D eigenvalue weighted by atomic mass is 32.2. The van der Waals surface area contributed by atoms with E-state index in [2.05, 4.69) is 0 Å². The molecular formula is C24H31FO4S. The lowest BCUT2D eigenvalue weighted by Crippen LogP contribution is -2.48. The van der Waals surface area contributed by atoms with Crippen LogP contribution < -0.4 is 4.74 Å². The number of hydrogen-bond donors (Lipinski definition) is 0. The number of carbonyl (C=O) groups is 1. The zero-order chi connectivity index (χ0) is 21.1. The van der Waals surface area contributed by atoms with Crippen LogP contribution >= 0.6 is 0 Å². The molecule has 0 radical (unpaired) electrons. The van der Waals surface area contributed by atoms with Crippen molar-refractivity contribution in [2.24, 2.45) is 23.2 Å². The van der Waals surface area contributed by atoms with Crippen molar-refractivity contribution < 1.29 is 22.3 Å². The lowest BCUT2D eigenvalue weighted by atomic mass is 9.50. The van der Waals surface area contributed by atoms with E-state index in [1.807, 2.05) is 0 Å². The molecule has 5 aliphatic rings. The Labute approximate surface area is 178 Å². The Morgan fingerprint density at radius 2 is 1.70 bits per heavy atom. The summed E-state index contributed by atoms with van der Waals surface area (Å²) in [7, 11) is -3.51. The minimum Gasteiger partial charge on any atom is -0.493 e. The van der Waals surface area contributed by atoms with Crippen LogP contribution in [0.25, 0.3) is 0 Å². The monoisotopic (exact) mass is 434 g/mol. The molecule has 0 N–H and O–H groups in total. The summed E-state index contributed by atoms with van der Waals surface area (Å²) in [6.45, 7) is 0.631. The van der Waals surface area contributed by atoms with E-state index < -0.39 is 27.2 Å². The lowest BCUT2D eigenvalue weighted by molar-refractivity contribution is -0.0747. The molecule has 164 valence electrons. The Hall–Kier alpha value is -1.43. The fourth-order valence-electron chi connectivity index (χ4n) is 6.96. The molecule has 1 aromatic carbocycles. The number of rotatable bonds is 7. The number of Topliss-reactive ketones (excluding diaryl/α,β-unsaturated/α-hetero) is 1. The van der Waals surface area contributed by atoms with Crippen LogP contribution in [0.3, 0.4) is 0 Å². The summed E-state index contributed by atoms with van der Waals surface area (Å²) in [5, 5.41) is 0. The van der Waals surface area contributed by atoms with Gasteiger partial charge < -0.3 is 4.74 Å². The highest BCUT2D eigenvalue weighted by molar-refractivity contribution is 7.91. The highest BCUT2D eigenvalue weighted by Crippen LogP contribution is 2.60. The van der Waals surface area contributed by atoms with Gasteiger partial charge >= 0.3 is 0 Å². The second-order valence-corrected chi connectivity index (χ2v) is 12.8. The number of sulfone groups is 1. The van der Waals surface area contributed by atoms with Crippen LogP contribution in [0.4, 0.5) is 4.39 Å². The van der Waals surface area contributed by atoms with Gasteiger partial charge in [0.15, 0.2) is 15.6 Å². The second-order valence-electron chi connectivity index (χ2n) is 10.7. The second kappa shape index (κ2) is 7.32. The molecule has 6 heteroatoms. The van der Waals surface area contributed by atoms with E-state index in [1.54, 1.807) is 6.07 Å². The van der Waals surface area contributed by atoms with E-state index >= 15 is 0 Å². The Balaban J connectivity index is 1.39. The predicted octanol–water partition coefficient (Wildman–Crippen LogP) is 4.92. The average Bonchev–Trinajstić information content (AvgIpc) is 2.57. The van der Waals surface area contributed by atoms with Gasteiger partial charge in [-0.15, -0.1) is 0 Å². The van der Waals surface area contributed by atoms with Crippen molar-refractivity contribution in [2.75, 3.05) is 18.6 Å². The van der Waals surface area contributed by atoms with Crippen molar-refractivity contribution in [2.45, 2.75) is 63.7 Å². The first-order chi connectivity index (χ1) is 14.2. The van der Waals surface area contributed by atoms with E-state index in [4.69, 9.17) is 4.74 Å². The third-order valence-corrected chi connectivity index (χ3v) is 8.82. The Bertz CT molecular complexity index is 928. The smallest absolute Gasteiger partial charge is 0.180 e. The Morgan fingerprint density at radius 1 is 1.10 bits per heavy atom. The minimum atomic E-state index is -3.51. The molecule has 1 aromatic rings. The van der Waals surface area contributed by atoms with Crippen molar-refractivity contribution in [3.63, 3.8) is 0 Å².